The van der Waals surface area contributed by atoms with Crippen molar-refractivity contribution in [2.24, 2.45) is 7.05 Å². The Labute approximate surface area is 179 Å². The van der Waals surface area contributed by atoms with Crippen molar-refractivity contribution in [1.82, 2.24) is 24.6 Å². The zero-order valence-corrected chi connectivity index (χ0v) is 17.4. The fourth-order valence-electron chi connectivity index (χ4n) is 3.53. The summed E-state index contributed by atoms with van der Waals surface area (Å²) in [4.78, 5) is 29.3. The number of pyridine rings is 2. The van der Waals surface area contributed by atoms with Crippen LogP contribution in [-0.4, -0.2) is 31.9 Å². The van der Waals surface area contributed by atoms with E-state index in [-0.39, 0.29) is 12.2 Å². The highest BCUT2D eigenvalue weighted by Gasteiger charge is 2.21. The van der Waals surface area contributed by atoms with Crippen molar-refractivity contribution in [3.05, 3.63) is 88.2 Å². The first-order valence-corrected chi connectivity index (χ1v) is 10.0. The molecule has 1 aromatic carbocycles. The van der Waals surface area contributed by atoms with Gasteiger partial charge in [0.05, 0.1) is 29.7 Å². The number of aromatic nitrogens is 4. The average Bonchev–Trinajstić information content (AvgIpc) is 3.21. The number of hydrogen-bond donors (Lipinski definition) is 1. The van der Waals surface area contributed by atoms with Crippen LogP contribution < -0.4 is 10.9 Å². The molecule has 0 amide bonds. The van der Waals surface area contributed by atoms with Crippen molar-refractivity contribution in [3.63, 3.8) is 0 Å². The van der Waals surface area contributed by atoms with E-state index in [0.29, 0.717) is 30.0 Å². The second-order valence-corrected chi connectivity index (χ2v) is 7.05. The highest BCUT2D eigenvalue weighted by atomic mass is 16.5. The molecule has 0 atom stereocenters. The quantitative estimate of drug-likeness (QED) is 0.465. The standard InChI is InChI=1S/C23H23N5O3/c1-3-31-23(30)18-14-26-28(21(18)15-25-13-16-7-6-10-24-12-16)20-11-22(29)27(2)19-9-5-4-8-17(19)20/h4-12,14,25H,3,13,15H2,1-2H3. The Balaban J connectivity index is 1.78. The van der Waals surface area contributed by atoms with Crippen molar-refractivity contribution < 1.29 is 9.53 Å². The Morgan fingerprint density at radius 3 is 2.74 bits per heavy atom. The number of esters is 1. The summed E-state index contributed by atoms with van der Waals surface area (Å²) in [5.74, 6) is -0.444. The highest BCUT2D eigenvalue weighted by molar-refractivity contribution is 5.92. The molecule has 0 radical (unpaired) electrons. The Morgan fingerprint density at radius 1 is 1.13 bits per heavy atom. The number of rotatable bonds is 7. The van der Waals surface area contributed by atoms with Crippen molar-refractivity contribution in [1.29, 1.82) is 0 Å². The van der Waals surface area contributed by atoms with Crippen molar-refractivity contribution >= 4 is 16.9 Å². The second kappa shape index (κ2) is 8.93. The van der Waals surface area contributed by atoms with Crippen LogP contribution in [0.5, 0.6) is 0 Å². The van der Waals surface area contributed by atoms with E-state index in [2.05, 4.69) is 15.4 Å². The summed E-state index contributed by atoms with van der Waals surface area (Å²) < 4.78 is 8.45. The largest absolute Gasteiger partial charge is 0.462 e. The van der Waals surface area contributed by atoms with Gasteiger partial charge in [0.2, 0.25) is 0 Å². The fourth-order valence-corrected chi connectivity index (χ4v) is 3.53. The van der Waals surface area contributed by atoms with E-state index in [9.17, 15) is 9.59 Å². The van der Waals surface area contributed by atoms with Crippen LogP contribution in [0.25, 0.3) is 16.6 Å². The van der Waals surface area contributed by atoms with Crippen LogP contribution in [0.15, 0.2) is 65.8 Å². The van der Waals surface area contributed by atoms with E-state index in [1.165, 1.54) is 12.3 Å². The molecule has 0 spiro atoms. The van der Waals surface area contributed by atoms with Gasteiger partial charge in [0.1, 0.15) is 5.56 Å². The molecule has 3 heterocycles. The van der Waals surface area contributed by atoms with Gasteiger partial charge in [-0.1, -0.05) is 24.3 Å². The van der Waals surface area contributed by atoms with Gasteiger partial charge >= 0.3 is 5.97 Å². The average molecular weight is 417 g/mol. The number of nitrogens with zero attached hydrogens (tertiary/aromatic N) is 4. The fraction of sp³-hybridized carbons (Fsp3) is 0.217. The van der Waals surface area contributed by atoms with Crippen LogP contribution in [0, 0.1) is 0 Å². The van der Waals surface area contributed by atoms with Crippen LogP contribution in [0.2, 0.25) is 0 Å². The number of hydrogen-bond acceptors (Lipinski definition) is 6. The van der Waals surface area contributed by atoms with Gasteiger partial charge in [0, 0.05) is 44.0 Å². The minimum atomic E-state index is -0.444. The predicted octanol–water partition coefficient (Wildman–Crippen LogP) is 2.59. The number of benzene rings is 1. The molecule has 4 aromatic rings. The topological polar surface area (TPSA) is 91.0 Å². The molecule has 0 aliphatic carbocycles. The van der Waals surface area contributed by atoms with Crippen molar-refractivity contribution in [3.8, 4) is 5.69 Å². The Kier molecular flexibility index (Phi) is 5.90. The molecular weight excluding hydrogens is 394 g/mol. The molecule has 0 fully saturated rings. The molecule has 4 rings (SSSR count). The van der Waals surface area contributed by atoms with Gasteiger partial charge in [-0.25, -0.2) is 9.48 Å². The molecule has 158 valence electrons. The lowest BCUT2D eigenvalue weighted by Gasteiger charge is -2.14. The number of para-hydroxylation sites is 1. The minimum Gasteiger partial charge on any atom is -0.462 e. The SMILES string of the molecule is CCOC(=O)c1cnn(-c2cc(=O)n(C)c3ccccc23)c1CNCc1cccnc1. The lowest BCUT2D eigenvalue weighted by Crippen LogP contribution is -2.21. The summed E-state index contributed by atoms with van der Waals surface area (Å²) in [5.41, 5.74) is 3.26. The molecule has 0 saturated carbocycles. The summed E-state index contributed by atoms with van der Waals surface area (Å²) in [6.07, 6.45) is 4.99. The van der Waals surface area contributed by atoms with Gasteiger partial charge in [0.15, 0.2) is 0 Å². The predicted molar refractivity (Wildman–Crippen MR) is 117 cm³/mol. The maximum Gasteiger partial charge on any atom is 0.341 e. The number of ether oxygens (including phenoxy) is 1. The van der Waals surface area contributed by atoms with Crippen LogP contribution in [0.4, 0.5) is 0 Å². The van der Waals surface area contributed by atoms with E-state index in [1.54, 1.807) is 35.6 Å². The third kappa shape index (κ3) is 4.10. The summed E-state index contributed by atoms with van der Waals surface area (Å²) in [7, 11) is 1.73. The maximum absolute atomic E-state index is 12.6. The van der Waals surface area contributed by atoms with E-state index in [1.807, 2.05) is 36.4 Å². The molecule has 3 aromatic heterocycles. The lowest BCUT2D eigenvalue weighted by atomic mass is 10.1. The third-order valence-corrected chi connectivity index (χ3v) is 5.07. The number of nitrogens with one attached hydrogen (secondary N) is 1. The summed E-state index contributed by atoms with van der Waals surface area (Å²) >= 11 is 0. The zero-order chi connectivity index (χ0) is 21.8. The normalized spacial score (nSPS) is 11.0. The van der Waals surface area contributed by atoms with Crippen LogP contribution in [0.3, 0.4) is 0 Å². The first kappa shape index (κ1) is 20.5. The molecule has 0 saturated heterocycles. The Hall–Kier alpha value is -3.78. The third-order valence-electron chi connectivity index (χ3n) is 5.07. The number of fused-ring (bicyclic) bond motifs is 1. The van der Waals surface area contributed by atoms with E-state index in [4.69, 9.17) is 4.74 Å². The maximum atomic E-state index is 12.6. The van der Waals surface area contributed by atoms with Gasteiger partial charge in [0.25, 0.3) is 5.56 Å². The molecular formula is C23H23N5O3. The lowest BCUT2D eigenvalue weighted by molar-refractivity contribution is 0.0525. The van der Waals surface area contributed by atoms with E-state index < -0.39 is 5.97 Å². The van der Waals surface area contributed by atoms with E-state index in [0.717, 1.165) is 16.5 Å². The van der Waals surface area contributed by atoms with Gasteiger partial charge < -0.3 is 14.6 Å². The summed E-state index contributed by atoms with van der Waals surface area (Å²) in [5, 5.41) is 8.64. The van der Waals surface area contributed by atoms with Gasteiger partial charge in [-0.3, -0.25) is 9.78 Å². The van der Waals surface area contributed by atoms with Crippen LogP contribution in [-0.2, 0) is 24.9 Å². The molecule has 0 unspecified atom stereocenters. The first-order valence-electron chi connectivity index (χ1n) is 10.0. The summed E-state index contributed by atoms with van der Waals surface area (Å²) in [6, 6.07) is 13.0. The van der Waals surface area contributed by atoms with E-state index >= 15 is 0 Å². The molecule has 8 heteroatoms. The Morgan fingerprint density at radius 2 is 1.97 bits per heavy atom. The van der Waals surface area contributed by atoms with Crippen molar-refractivity contribution in [2.45, 2.75) is 20.0 Å². The first-order chi connectivity index (χ1) is 15.1. The zero-order valence-electron chi connectivity index (χ0n) is 17.4. The Bertz CT molecular complexity index is 1280. The molecule has 1 N–H and O–H groups in total. The molecule has 31 heavy (non-hydrogen) atoms. The molecule has 0 aliphatic rings. The van der Waals surface area contributed by atoms with Gasteiger partial charge in [-0.2, -0.15) is 5.10 Å². The number of carbonyl (C=O) groups excluding carboxylic acids is 1. The monoisotopic (exact) mass is 417 g/mol. The smallest absolute Gasteiger partial charge is 0.341 e. The summed E-state index contributed by atoms with van der Waals surface area (Å²) in [6.45, 7) is 2.95. The van der Waals surface area contributed by atoms with Gasteiger partial charge in [-0.05, 0) is 24.6 Å². The van der Waals surface area contributed by atoms with Crippen LogP contribution >= 0.6 is 0 Å². The minimum absolute atomic E-state index is 0.156. The van der Waals surface area contributed by atoms with Crippen LogP contribution in [0.1, 0.15) is 28.5 Å². The highest BCUT2D eigenvalue weighted by Crippen LogP contribution is 2.23. The number of carbonyl (C=O) groups is 1. The van der Waals surface area contributed by atoms with Crippen molar-refractivity contribution in [2.75, 3.05) is 6.61 Å². The molecule has 0 aliphatic heterocycles. The number of aryl methyl sites for hydroxylation is 1. The molecule has 8 nitrogen and oxygen atoms in total. The van der Waals surface area contributed by atoms with Gasteiger partial charge in [-0.15, -0.1) is 0 Å². The second-order valence-electron chi connectivity index (χ2n) is 7.05. The molecule has 0 bridgehead atoms.